The molecule has 0 heterocycles. The molecule has 0 aliphatic carbocycles. The van der Waals surface area contributed by atoms with Gasteiger partial charge in [0.25, 0.3) is 0 Å². The lowest BCUT2D eigenvalue weighted by atomic mass is 10.1. The molecule has 1 rings (SSSR count). The number of hydrogen-bond acceptors (Lipinski definition) is 3. The van der Waals surface area contributed by atoms with Gasteiger partial charge in [-0.3, -0.25) is 9.59 Å². The van der Waals surface area contributed by atoms with E-state index in [4.69, 9.17) is 10.8 Å². The molecule has 0 radical (unpaired) electrons. The van der Waals surface area contributed by atoms with Gasteiger partial charge < -0.3 is 15.7 Å². The molecule has 1 unspecified atom stereocenters. The minimum absolute atomic E-state index is 0.0101. The number of hydrogen-bond donors (Lipinski definition) is 2. The van der Waals surface area contributed by atoms with Gasteiger partial charge >= 0.3 is 0 Å². The number of amides is 2. The monoisotopic (exact) mass is 264 g/mol. The highest BCUT2D eigenvalue weighted by molar-refractivity contribution is 5.80. The Morgan fingerprint density at radius 2 is 1.79 bits per heavy atom. The highest BCUT2D eigenvalue weighted by atomic mass is 16.3. The molecule has 5 heteroatoms. The summed E-state index contributed by atoms with van der Waals surface area (Å²) in [5.41, 5.74) is 6.80. The molecule has 104 valence electrons. The van der Waals surface area contributed by atoms with Gasteiger partial charge in [-0.2, -0.15) is 0 Å². The molecule has 0 saturated heterocycles. The van der Waals surface area contributed by atoms with Crippen molar-refractivity contribution in [2.75, 3.05) is 7.05 Å². The zero-order valence-electron chi connectivity index (χ0n) is 11.3. The van der Waals surface area contributed by atoms with Crippen molar-refractivity contribution in [3.63, 3.8) is 0 Å². The van der Waals surface area contributed by atoms with Gasteiger partial charge in [-0.15, -0.1) is 0 Å². The summed E-state index contributed by atoms with van der Waals surface area (Å²) < 4.78 is 0. The molecule has 0 spiro atoms. The van der Waals surface area contributed by atoms with Crippen molar-refractivity contribution < 1.29 is 14.7 Å². The number of aliphatic hydroxyl groups is 1. The molecule has 0 bridgehead atoms. The van der Waals surface area contributed by atoms with Crippen molar-refractivity contribution in [2.45, 2.75) is 32.4 Å². The molecule has 19 heavy (non-hydrogen) atoms. The maximum atomic E-state index is 12.0. The summed E-state index contributed by atoms with van der Waals surface area (Å²) in [6.07, 6.45) is 0.428. The number of nitrogens with zero attached hydrogens (tertiary/aromatic N) is 1. The summed E-state index contributed by atoms with van der Waals surface area (Å²) in [5, 5.41) is 8.94. The lowest BCUT2D eigenvalue weighted by Crippen LogP contribution is -2.38. The minimum atomic E-state index is -0.417. The molecule has 2 amide bonds. The van der Waals surface area contributed by atoms with E-state index >= 15 is 0 Å². The Kier molecular flexibility index (Phi) is 5.51. The number of carbonyl (C=O) groups is 2. The van der Waals surface area contributed by atoms with Crippen molar-refractivity contribution in [3.05, 3.63) is 35.4 Å². The second kappa shape index (κ2) is 6.89. The van der Waals surface area contributed by atoms with Gasteiger partial charge in [0.05, 0.1) is 13.0 Å². The zero-order chi connectivity index (χ0) is 14.4. The van der Waals surface area contributed by atoms with Crippen molar-refractivity contribution in [1.82, 2.24) is 4.90 Å². The summed E-state index contributed by atoms with van der Waals surface area (Å²) in [7, 11) is 1.66. The van der Waals surface area contributed by atoms with E-state index < -0.39 is 5.91 Å². The van der Waals surface area contributed by atoms with Crippen molar-refractivity contribution in [2.24, 2.45) is 5.73 Å². The molecular weight excluding hydrogens is 244 g/mol. The van der Waals surface area contributed by atoms with Gasteiger partial charge in [0.2, 0.25) is 11.8 Å². The fourth-order valence-corrected chi connectivity index (χ4v) is 1.74. The smallest absolute Gasteiger partial charge is 0.226 e. The first-order valence-electron chi connectivity index (χ1n) is 6.16. The van der Waals surface area contributed by atoms with Crippen LogP contribution in [0, 0.1) is 0 Å². The van der Waals surface area contributed by atoms with E-state index in [1.807, 2.05) is 12.1 Å². The van der Waals surface area contributed by atoms with Gasteiger partial charge in [-0.05, 0) is 18.1 Å². The van der Waals surface area contributed by atoms with Crippen molar-refractivity contribution in [1.29, 1.82) is 0 Å². The molecule has 0 saturated carbocycles. The highest BCUT2D eigenvalue weighted by Gasteiger charge is 2.17. The number of rotatable bonds is 6. The molecule has 5 nitrogen and oxygen atoms in total. The third kappa shape index (κ3) is 4.71. The summed E-state index contributed by atoms with van der Waals surface area (Å²) in [5.74, 6) is -0.482. The maximum Gasteiger partial charge on any atom is 0.226 e. The van der Waals surface area contributed by atoms with E-state index in [9.17, 15) is 9.59 Å². The number of nitrogens with two attached hydrogens (primary N) is 1. The SMILES string of the molecule is CC(CC(N)=O)N(C)C(=O)Cc1ccc(CO)cc1. The Hall–Kier alpha value is -1.88. The van der Waals surface area contributed by atoms with Crippen LogP contribution in [-0.4, -0.2) is 34.9 Å². The molecule has 0 fully saturated rings. The van der Waals surface area contributed by atoms with E-state index in [0.717, 1.165) is 11.1 Å². The van der Waals surface area contributed by atoms with Gasteiger partial charge in [0, 0.05) is 19.5 Å². The van der Waals surface area contributed by atoms with Crippen LogP contribution in [0.1, 0.15) is 24.5 Å². The summed E-state index contributed by atoms with van der Waals surface area (Å²) >= 11 is 0. The second-order valence-electron chi connectivity index (χ2n) is 4.68. The molecule has 1 aromatic rings. The normalized spacial score (nSPS) is 11.9. The Balaban J connectivity index is 2.60. The maximum absolute atomic E-state index is 12.0. The van der Waals surface area contributed by atoms with E-state index in [0.29, 0.717) is 0 Å². The van der Waals surface area contributed by atoms with E-state index in [1.54, 1.807) is 26.1 Å². The molecule has 1 aromatic carbocycles. The minimum Gasteiger partial charge on any atom is -0.392 e. The number of primary amides is 1. The third-order valence-electron chi connectivity index (χ3n) is 3.11. The number of benzene rings is 1. The third-order valence-corrected chi connectivity index (χ3v) is 3.11. The van der Waals surface area contributed by atoms with Crippen LogP contribution < -0.4 is 5.73 Å². The van der Waals surface area contributed by atoms with Gasteiger partial charge in [-0.25, -0.2) is 0 Å². The van der Waals surface area contributed by atoms with Gasteiger partial charge in [-0.1, -0.05) is 24.3 Å². The molecule has 0 aliphatic heterocycles. The summed E-state index contributed by atoms with van der Waals surface area (Å²) in [6.45, 7) is 1.78. The fraction of sp³-hybridized carbons (Fsp3) is 0.429. The van der Waals surface area contributed by atoms with Gasteiger partial charge in [0.15, 0.2) is 0 Å². The van der Waals surface area contributed by atoms with Crippen LogP contribution >= 0.6 is 0 Å². The van der Waals surface area contributed by atoms with Crippen LogP contribution in [0.2, 0.25) is 0 Å². The van der Waals surface area contributed by atoms with Crippen molar-refractivity contribution >= 4 is 11.8 Å². The van der Waals surface area contributed by atoms with E-state index in [1.165, 1.54) is 4.90 Å². The second-order valence-corrected chi connectivity index (χ2v) is 4.68. The van der Waals surface area contributed by atoms with Crippen LogP contribution in [0.15, 0.2) is 24.3 Å². The Morgan fingerprint density at radius 1 is 1.26 bits per heavy atom. The molecule has 1 atom stereocenters. The number of likely N-dealkylation sites (N-methyl/N-ethyl adjacent to an activating group) is 1. The predicted molar refractivity (Wildman–Crippen MR) is 72.1 cm³/mol. The highest BCUT2D eigenvalue weighted by Crippen LogP contribution is 2.08. The molecular formula is C14H20N2O3. The summed E-state index contributed by atoms with van der Waals surface area (Å²) in [6, 6.07) is 7.00. The zero-order valence-corrected chi connectivity index (χ0v) is 11.3. The molecule has 0 aromatic heterocycles. The molecule has 3 N–H and O–H groups in total. The number of carbonyl (C=O) groups excluding carboxylic acids is 2. The van der Waals surface area contributed by atoms with Crippen LogP contribution in [0.25, 0.3) is 0 Å². The van der Waals surface area contributed by atoms with Gasteiger partial charge in [0.1, 0.15) is 0 Å². The van der Waals surface area contributed by atoms with Crippen LogP contribution in [-0.2, 0) is 22.6 Å². The predicted octanol–water partition coefficient (Wildman–Crippen LogP) is 0.444. The lowest BCUT2D eigenvalue weighted by Gasteiger charge is -2.24. The average molecular weight is 264 g/mol. The van der Waals surface area contributed by atoms with E-state index in [2.05, 4.69) is 0 Å². The Morgan fingerprint density at radius 3 is 2.26 bits per heavy atom. The quantitative estimate of drug-likeness (QED) is 0.782. The van der Waals surface area contributed by atoms with Crippen LogP contribution in [0.3, 0.4) is 0 Å². The first-order chi connectivity index (χ1) is 8.93. The van der Waals surface area contributed by atoms with Crippen molar-refractivity contribution in [3.8, 4) is 0 Å². The van der Waals surface area contributed by atoms with Crippen LogP contribution in [0.5, 0.6) is 0 Å². The topological polar surface area (TPSA) is 83.6 Å². The number of aliphatic hydroxyl groups excluding tert-OH is 1. The fourth-order valence-electron chi connectivity index (χ4n) is 1.74. The Bertz CT molecular complexity index is 443. The largest absolute Gasteiger partial charge is 0.392 e. The van der Waals surface area contributed by atoms with E-state index in [-0.39, 0.29) is 31.4 Å². The first-order valence-corrected chi connectivity index (χ1v) is 6.16. The average Bonchev–Trinajstić information content (AvgIpc) is 2.37. The molecule has 0 aliphatic rings. The van der Waals surface area contributed by atoms with Crippen LogP contribution in [0.4, 0.5) is 0 Å². The summed E-state index contributed by atoms with van der Waals surface area (Å²) in [4.78, 5) is 24.4. The Labute approximate surface area is 113 Å². The standard InChI is InChI=1S/C14H20N2O3/c1-10(7-13(15)18)16(2)14(19)8-11-3-5-12(9-17)6-4-11/h3-6,10,17H,7-9H2,1-2H3,(H2,15,18). The first kappa shape index (κ1) is 15.2. The lowest BCUT2D eigenvalue weighted by molar-refractivity contribution is -0.131.